The third-order valence-electron chi connectivity index (χ3n) is 10.9. The van der Waals surface area contributed by atoms with Crippen molar-refractivity contribution in [3.8, 4) is 0 Å². The van der Waals surface area contributed by atoms with Crippen molar-refractivity contribution >= 4 is 17.9 Å². The second-order valence-corrected chi connectivity index (χ2v) is 15.7. The van der Waals surface area contributed by atoms with Crippen molar-refractivity contribution < 1.29 is 29.7 Å². The van der Waals surface area contributed by atoms with Gasteiger partial charge >= 0.3 is 17.9 Å². The number of carboxylic acid groups (broad SMARTS) is 3. The van der Waals surface area contributed by atoms with Gasteiger partial charge in [0.1, 0.15) is 0 Å². The molecular formula is C44H84O6. The van der Waals surface area contributed by atoms with Gasteiger partial charge in [0.05, 0.1) is 11.8 Å². The SMILES string of the molecule is CCCCCCCCCCCCCCCCCCCCCCCCCCCCCCCCCCC(CCCC(CCC(=O)O)C(=O)O)C(=O)O. The number of carboxylic acids is 3. The summed E-state index contributed by atoms with van der Waals surface area (Å²) in [6.07, 6.45) is 46.0. The zero-order chi connectivity index (χ0) is 36.8. The Balaban J connectivity index is 3.36. The number of unbranched alkanes of at least 4 members (excludes halogenated alkanes) is 31. The highest BCUT2D eigenvalue weighted by atomic mass is 16.4. The van der Waals surface area contributed by atoms with Crippen LogP contribution < -0.4 is 0 Å². The molecule has 50 heavy (non-hydrogen) atoms. The van der Waals surface area contributed by atoms with E-state index < -0.39 is 29.7 Å². The quantitative estimate of drug-likeness (QED) is 0.0544. The average Bonchev–Trinajstić information content (AvgIpc) is 3.08. The van der Waals surface area contributed by atoms with Crippen molar-refractivity contribution in [3.63, 3.8) is 0 Å². The van der Waals surface area contributed by atoms with Crippen LogP contribution in [0.1, 0.15) is 251 Å². The molecule has 0 radical (unpaired) electrons. The lowest BCUT2D eigenvalue weighted by molar-refractivity contribution is -0.143. The second kappa shape index (κ2) is 38.6. The van der Waals surface area contributed by atoms with Gasteiger partial charge in [0, 0.05) is 6.42 Å². The van der Waals surface area contributed by atoms with E-state index in [-0.39, 0.29) is 12.8 Å². The molecule has 2 atom stereocenters. The van der Waals surface area contributed by atoms with E-state index in [1.165, 1.54) is 186 Å². The van der Waals surface area contributed by atoms with Gasteiger partial charge in [-0.2, -0.15) is 0 Å². The molecule has 6 nitrogen and oxygen atoms in total. The molecule has 0 amide bonds. The van der Waals surface area contributed by atoms with Crippen molar-refractivity contribution in [3.05, 3.63) is 0 Å². The van der Waals surface area contributed by atoms with Crippen LogP contribution in [0.15, 0.2) is 0 Å². The van der Waals surface area contributed by atoms with E-state index in [2.05, 4.69) is 6.92 Å². The topological polar surface area (TPSA) is 112 Å². The molecule has 0 aromatic heterocycles. The molecule has 0 aliphatic heterocycles. The summed E-state index contributed by atoms with van der Waals surface area (Å²) in [7, 11) is 0. The van der Waals surface area contributed by atoms with E-state index in [0.717, 1.165) is 19.3 Å². The summed E-state index contributed by atoms with van der Waals surface area (Å²) in [6, 6.07) is 0. The van der Waals surface area contributed by atoms with E-state index in [0.29, 0.717) is 25.7 Å². The molecular weight excluding hydrogens is 624 g/mol. The van der Waals surface area contributed by atoms with Crippen molar-refractivity contribution in [2.75, 3.05) is 0 Å². The number of carbonyl (C=O) groups is 3. The Morgan fingerprint density at radius 2 is 0.540 bits per heavy atom. The molecule has 0 saturated carbocycles. The Kier molecular flexibility index (Phi) is 37.4. The molecule has 0 aliphatic rings. The zero-order valence-corrected chi connectivity index (χ0v) is 33.1. The van der Waals surface area contributed by atoms with Crippen LogP contribution >= 0.6 is 0 Å². The molecule has 296 valence electrons. The van der Waals surface area contributed by atoms with Gasteiger partial charge in [-0.15, -0.1) is 0 Å². The molecule has 0 aromatic carbocycles. The maximum atomic E-state index is 11.6. The van der Waals surface area contributed by atoms with Crippen LogP contribution in [-0.2, 0) is 14.4 Å². The molecule has 6 heteroatoms. The van der Waals surface area contributed by atoms with Gasteiger partial charge in [-0.25, -0.2) is 0 Å². The fourth-order valence-electron chi connectivity index (χ4n) is 7.46. The normalized spacial score (nSPS) is 12.7. The molecule has 0 aliphatic carbocycles. The van der Waals surface area contributed by atoms with Crippen molar-refractivity contribution in [1.82, 2.24) is 0 Å². The highest BCUT2D eigenvalue weighted by Gasteiger charge is 2.21. The van der Waals surface area contributed by atoms with Gasteiger partial charge in [-0.1, -0.05) is 219 Å². The fraction of sp³-hybridized carbons (Fsp3) is 0.932. The lowest BCUT2D eigenvalue weighted by Gasteiger charge is -2.15. The molecule has 0 aromatic rings. The van der Waals surface area contributed by atoms with E-state index >= 15 is 0 Å². The van der Waals surface area contributed by atoms with Crippen LogP contribution in [-0.4, -0.2) is 33.2 Å². The first-order valence-corrected chi connectivity index (χ1v) is 22.1. The van der Waals surface area contributed by atoms with Gasteiger partial charge in [-0.3, -0.25) is 14.4 Å². The van der Waals surface area contributed by atoms with Crippen LogP contribution in [0.3, 0.4) is 0 Å². The van der Waals surface area contributed by atoms with Crippen molar-refractivity contribution in [1.29, 1.82) is 0 Å². The monoisotopic (exact) mass is 709 g/mol. The molecule has 0 fully saturated rings. The first kappa shape index (κ1) is 48.4. The summed E-state index contributed by atoms with van der Waals surface area (Å²) in [4.78, 5) is 33.7. The summed E-state index contributed by atoms with van der Waals surface area (Å²) in [5, 5.41) is 27.6. The third kappa shape index (κ3) is 36.2. The first-order chi connectivity index (χ1) is 24.4. The van der Waals surface area contributed by atoms with Crippen LogP contribution in [0.5, 0.6) is 0 Å². The van der Waals surface area contributed by atoms with Crippen molar-refractivity contribution in [2.24, 2.45) is 11.8 Å². The molecule has 0 spiro atoms. The summed E-state index contributed by atoms with van der Waals surface area (Å²) in [5.41, 5.74) is 0. The molecule has 0 rings (SSSR count). The van der Waals surface area contributed by atoms with Gasteiger partial charge in [0.2, 0.25) is 0 Å². The standard InChI is InChI=1S/C44H84O6/c1-2-3-4-5-6-7-8-9-10-11-12-13-14-15-16-17-18-19-20-21-22-23-24-25-26-27-28-29-30-31-32-33-35-40(43(47)48)36-34-37-41(44(49)50)38-39-42(45)46/h40-41H,2-39H2,1H3,(H,45,46)(H,47,48)(H,49,50). The smallest absolute Gasteiger partial charge is 0.306 e. The Morgan fingerprint density at radius 3 is 0.780 bits per heavy atom. The number of hydrogen-bond donors (Lipinski definition) is 3. The van der Waals surface area contributed by atoms with Gasteiger partial charge in [0.15, 0.2) is 0 Å². The van der Waals surface area contributed by atoms with E-state index in [1.54, 1.807) is 0 Å². The lowest BCUT2D eigenvalue weighted by Crippen LogP contribution is -2.17. The fourth-order valence-corrected chi connectivity index (χ4v) is 7.46. The lowest BCUT2D eigenvalue weighted by atomic mass is 9.91. The van der Waals surface area contributed by atoms with E-state index in [1.807, 2.05) is 0 Å². The highest BCUT2D eigenvalue weighted by molar-refractivity contribution is 5.72. The molecule has 0 heterocycles. The average molecular weight is 709 g/mol. The third-order valence-corrected chi connectivity index (χ3v) is 10.9. The summed E-state index contributed by atoms with van der Waals surface area (Å²) < 4.78 is 0. The largest absolute Gasteiger partial charge is 0.481 e. The predicted molar refractivity (Wildman–Crippen MR) is 211 cm³/mol. The number of aliphatic carboxylic acids is 3. The Bertz CT molecular complexity index is 753. The summed E-state index contributed by atoms with van der Waals surface area (Å²) >= 11 is 0. The maximum absolute atomic E-state index is 11.6. The van der Waals surface area contributed by atoms with Gasteiger partial charge in [-0.05, 0) is 25.7 Å². The Labute approximate surface area is 309 Å². The van der Waals surface area contributed by atoms with Crippen LogP contribution in [0.25, 0.3) is 0 Å². The Hall–Kier alpha value is -1.59. The minimum absolute atomic E-state index is 0.0993. The minimum atomic E-state index is -0.999. The molecule has 0 bridgehead atoms. The van der Waals surface area contributed by atoms with Gasteiger partial charge < -0.3 is 15.3 Å². The summed E-state index contributed by atoms with van der Waals surface area (Å²) in [5.74, 6) is -3.94. The molecule has 3 N–H and O–H groups in total. The highest BCUT2D eigenvalue weighted by Crippen LogP contribution is 2.23. The van der Waals surface area contributed by atoms with Crippen LogP contribution in [0.2, 0.25) is 0 Å². The van der Waals surface area contributed by atoms with Crippen molar-refractivity contribution in [2.45, 2.75) is 251 Å². The van der Waals surface area contributed by atoms with Gasteiger partial charge in [0.25, 0.3) is 0 Å². The second-order valence-electron chi connectivity index (χ2n) is 15.7. The van der Waals surface area contributed by atoms with E-state index in [4.69, 9.17) is 5.11 Å². The number of hydrogen-bond acceptors (Lipinski definition) is 3. The first-order valence-electron chi connectivity index (χ1n) is 22.1. The molecule has 2 unspecified atom stereocenters. The molecule has 0 saturated heterocycles. The Morgan fingerprint density at radius 1 is 0.320 bits per heavy atom. The predicted octanol–water partition coefficient (Wildman–Crippen LogP) is 14.3. The number of rotatable bonds is 42. The van der Waals surface area contributed by atoms with Crippen LogP contribution in [0, 0.1) is 11.8 Å². The summed E-state index contributed by atoms with van der Waals surface area (Å²) in [6.45, 7) is 2.29. The van der Waals surface area contributed by atoms with Crippen LogP contribution in [0.4, 0.5) is 0 Å². The minimum Gasteiger partial charge on any atom is -0.481 e. The zero-order valence-electron chi connectivity index (χ0n) is 33.1. The van der Waals surface area contributed by atoms with E-state index in [9.17, 15) is 24.6 Å². The maximum Gasteiger partial charge on any atom is 0.306 e.